The fourth-order valence-electron chi connectivity index (χ4n) is 3.64. The normalized spacial score (nSPS) is 14.2. The van der Waals surface area contributed by atoms with Crippen LogP contribution in [-0.2, 0) is 24.2 Å². The molecule has 2 amide bonds. The van der Waals surface area contributed by atoms with Gasteiger partial charge in [-0.15, -0.1) is 11.3 Å². The molecule has 6 nitrogen and oxygen atoms in total. The molecule has 1 aliphatic rings. The van der Waals surface area contributed by atoms with Crippen molar-refractivity contribution in [2.45, 2.75) is 39.2 Å². The van der Waals surface area contributed by atoms with Gasteiger partial charge in [-0.25, -0.2) is 0 Å². The molecule has 28 heavy (non-hydrogen) atoms. The third kappa shape index (κ3) is 4.91. The van der Waals surface area contributed by atoms with Gasteiger partial charge < -0.3 is 20.7 Å². The van der Waals surface area contributed by atoms with Crippen LogP contribution in [0.5, 0.6) is 5.75 Å². The molecule has 1 aromatic carbocycles. The quantitative estimate of drug-likeness (QED) is 0.629. The number of quaternary nitrogens is 1. The molecule has 7 heteroatoms. The van der Waals surface area contributed by atoms with Crippen molar-refractivity contribution in [3.63, 3.8) is 0 Å². The zero-order valence-corrected chi connectivity index (χ0v) is 17.3. The molecule has 1 unspecified atom stereocenters. The molecule has 0 saturated heterocycles. The number of rotatable bonds is 8. The molecule has 3 rings (SSSR count). The van der Waals surface area contributed by atoms with Crippen molar-refractivity contribution in [1.29, 1.82) is 0 Å². The number of hydrogen-bond donors (Lipinski definition) is 3. The SMILES string of the molecule is CCOc1ccc(C[NH+](C)CC(=O)Nc2sc3c(c2C(N)=O)CCCC3)cc1. The number of carbonyl (C=O) groups is 2. The molecule has 150 valence electrons. The first-order valence-electron chi connectivity index (χ1n) is 9.75. The maximum absolute atomic E-state index is 12.5. The number of likely N-dealkylation sites (N-methyl/N-ethyl adjacent to an activating group) is 1. The van der Waals surface area contributed by atoms with E-state index >= 15 is 0 Å². The lowest BCUT2D eigenvalue weighted by molar-refractivity contribution is -0.885. The van der Waals surface area contributed by atoms with E-state index in [0.717, 1.165) is 54.0 Å². The summed E-state index contributed by atoms with van der Waals surface area (Å²) in [6, 6.07) is 7.93. The van der Waals surface area contributed by atoms with E-state index in [4.69, 9.17) is 10.5 Å². The van der Waals surface area contributed by atoms with Crippen molar-refractivity contribution in [1.82, 2.24) is 0 Å². The van der Waals surface area contributed by atoms with E-state index in [1.54, 1.807) is 0 Å². The second-order valence-corrected chi connectivity index (χ2v) is 8.32. The monoisotopic (exact) mass is 402 g/mol. The van der Waals surface area contributed by atoms with Gasteiger partial charge in [0.25, 0.3) is 11.8 Å². The molecule has 0 bridgehead atoms. The zero-order chi connectivity index (χ0) is 20.1. The number of nitrogens with one attached hydrogen (secondary N) is 2. The zero-order valence-electron chi connectivity index (χ0n) is 16.5. The first kappa shape index (κ1) is 20.4. The Morgan fingerprint density at radius 2 is 1.93 bits per heavy atom. The van der Waals surface area contributed by atoms with Gasteiger partial charge in [-0.1, -0.05) is 0 Å². The fourth-order valence-corrected chi connectivity index (χ4v) is 4.95. The lowest BCUT2D eigenvalue weighted by Gasteiger charge is -2.14. The molecule has 1 aromatic heterocycles. The summed E-state index contributed by atoms with van der Waals surface area (Å²) >= 11 is 1.50. The van der Waals surface area contributed by atoms with Gasteiger partial charge in [-0.3, -0.25) is 9.59 Å². The largest absolute Gasteiger partial charge is 0.494 e. The molecule has 0 saturated carbocycles. The number of carbonyl (C=O) groups excluding carboxylic acids is 2. The number of nitrogens with two attached hydrogens (primary N) is 1. The van der Waals surface area contributed by atoms with Crippen LogP contribution in [0.15, 0.2) is 24.3 Å². The number of primary amides is 1. The Balaban J connectivity index is 1.60. The lowest BCUT2D eigenvalue weighted by Crippen LogP contribution is -3.08. The number of hydrogen-bond acceptors (Lipinski definition) is 4. The summed E-state index contributed by atoms with van der Waals surface area (Å²) in [5.74, 6) is 0.289. The molecule has 0 fully saturated rings. The van der Waals surface area contributed by atoms with E-state index in [0.29, 0.717) is 23.7 Å². The van der Waals surface area contributed by atoms with E-state index < -0.39 is 5.91 Å². The van der Waals surface area contributed by atoms with Crippen molar-refractivity contribution in [2.75, 3.05) is 25.5 Å². The highest BCUT2D eigenvalue weighted by Gasteiger charge is 2.25. The second kappa shape index (κ2) is 9.21. The van der Waals surface area contributed by atoms with Crippen LogP contribution in [-0.4, -0.2) is 32.0 Å². The van der Waals surface area contributed by atoms with Gasteiger partial charge >= 0.3 is 0 Å². The Morgan fingerprint density at radius 1 is 1.21 bits per heavy atom. The number of amides is 2. The molecule has 1 heterocycles. The Bertz CT molecular complexity index is 845. The standard InChI is InChI=1S/C21H27N3O3S/c1-3-27-15-10-8-14(9-11-15)12-24(2)13-18(25)23-21-19(20(22)26)16-6-4-5-7-17(16)28-21/h8-11H,3-7,12-13H2,1-2H3,(H2,22,26)(H,23,25)/p+1. The van der Waals surface area contributed by atoms with Crippen LogP contribution in [0.3, 0.4) is 0 Å². The van der Waals surface area contributed by atoms with E-state index in [1.165, 1.54) is 16.2 Å². The number of benzene rings is 1. The topological polar surface area (TPSA) is 85.9 Å². The van der Waals surface area contributed by atoms with Gasteiger partial charge in [0, 0.05) is 10.4 Å². The number of aryl methyl sites for hydroxylation is 1. The molecule has 0 aliphatic heterocycles. The Hall–Kier alpha value is -2.38. The summed E-state index contributed by atoms with van der Waals surface area (Å²) in [4.78, 5) is 26.7. The molecule has 2 aromatic rings. The minimum Gasteiger partial charge on any atom is -0.494 e. The van der Waals surface area contributed by atoms with Gasteiger partial charge in [-0.05, 0) is 62.4 Å². The number of thiophene rings is 1. The van der Waals surface area contributed by atoms with Crippen LogP contribution in [0.25, 0.3) is 0 Å². The molecule has 1 aliphatic carbocycles. The fraction of sp³-hybridized carbons (Fsp3) is 0.429. The van der Waals surface area contributed by atoms with Crippen LogP contribution in [0, 0.1) is 0 Å². The molecular formula is C21H28N3O3S+. The smallest absolute Gasteiger partial charge is 0.280 e. The summed E-state index contributed by atoms with van der Waals surface area (Å²) in [5, 5.41) is 3.54. The highest BCUT2D eigenvalue weighted by molar-refractivity contribution is 7.17. The molecule has 4 N–H and O–H groups in total. The molecule has 0 spiro atoms. The summed E-state index contributed by atoms with van der Waals surface area (Å²) < 4.78 is 5.45. The maximum Gasteiger partial charge on any atom is 0.280 e. The average molecular weight is 403 g/mol. The minimum atomic E-state index is -0.454. The van der Waals surface area contributed by atoms with Crippen LogP contribution in [0.4, 0.5) is 5.00 Å². The van der Waals surface area contributed by atoms with Crippen LogP contribution >= 0.6 is 11.3 Å². The van der Waals surface area contributed by atoms with Gasteiger partial charge in [-0.2, -0.15) is 0 Å². The average Bonchev–Trinajstić information content (AvgIpc) is 3.01. The van der Waals surface area contributed by atoms with Crippen molar-refractivity contribution in [3.8, 4) is 5.75 Å². The molecular weight excluding hydrogens is 374 g/mol. The third-order valence-electron chi connectivity index (χ3n) is 4.87. The minimum absolute atomic E-state index is 0.107. The maximum atomic E-state index is 12.5. The number of fused-ring (bicyclic) bond motifs is 1. The van der Waals surface area contributed by atoms with E-state index in [2.05, 4.69) is 5.32 Å². The van der Waals surface area contributed by atoms with Crippen LogP contribution in [0.2, 0.25) is 0 Å². The lowest BCUT2D eigenvalue weighted by atomic mass is 9.95. The van der Waals surface area contributed by atoms with Crippen molar-refractivity contribution >= 4 is 28.2 Å². The van der Waals surface area contributed by atoms with Crippen molar-refractivity contribution < 1.29 is 19.2 Å². The Labute approximate surface area is 169 Å². The number of ether oxygens (including phenoxy) is 1. The predicted octanol–water partition coefficient (Wildman–Crippen LogP) is 1.78. The third-order valence-corrected chi connectivity index (χ3v) is 6.08. The summed E-state index contributed by atoms with van der Waals surface area (Å²) in [6.07, 6.45) is 4.00. The van der Waals surface area contributed by atoms with E-state index in [-0.39, 0.29) is 5.91 Å². The molecule has 0 radical (unpaired) electrons. The second-order valence-electron chi connectivity index (χ2n) is 7.22. The molecule has 1 atom stereocenters. The summed E-state index contributed by atoms with van der Waals surface area (Å²) in [5.41, 5.74) is 8.28. The predicted molar refractivity (Wildman–Crippen MR) is 111 cm³/mol. The van der Waals surface area contributed by atoms with Crippen LogP contribution < -0.4 is 20.7 Å². The number of anilines is 1. The van der Waals surface area contributed by atoms with E-state index in [9.17, 15) is 9.59 Å². The first-order chi connectivity index (χ1) is 13.5. The van der Waals surface area contributed by atoms with Gasteiger partial charge in [0.1, 0.15) is 17.3 Å². The highest BCUT2D eigenvalue weighted by Crippen LogP contribution is 2.37. The van der Waals surface area contributed by atoms with Gasteiger partial charge in [0.15, 0.2) is 6.54 Å². The van der Waals surface area contributed by atoms with Gasteiger partial charge in [0.05, 0.1) is 19.2 Å². The Morgan fingerprint density at radius 3 is 2.61 bits per heavy atom. The first-order valence-corrected chi connectivity index (χ1v) is 10.6. The van der Waals surface area contributed by atoms with Crippen molar-refractivity contribution in [3.05, 3.63) is 45.8 Å². The van der Waals surface area contributed by atoms with Gasteiger partial charge in [0.2, 0.25) is 0 Å². The Kier molecular flexibility index (Phi) is 6.70. The highest BCUT2D eigenvalue weighted by atomic mass is 32.1. The summed E-state index contributed by atoms with van der Waals surface area (Å²) in [6.45, 7) is 3.64. The van der Waals surface area contributed by atoms with E-state index in [1.807, 2.05) is 38.2 Å². The summed E-state index contributed by atoms with van der Waals surface area (Å²) in [7, 11) is 1.98. The van der Waals surface area contributed by atoms with Crippen LogP contribution in [0.1, 0.15) is 46.1 Å². The van der Waals surface area contributed by atoms with Crippen molar-refractivity contribution in [2.24, 2.45) is 5.73 Å².